The first-order valence-electron chi connectivity index (χ1n) is 5.20. The molecule has 80 valence electrons. The molecule has 1 unspecified atom stereocenters. The summed E-state index contributed by atoms with van der Waals surface area (Å²) in [6, 6.07) is 0.0712. The molecule has 0 radical (unpaired) electrons. The van der Waals surface area contributed by atoms with Gasteiger partial charge in [-0.05, 0) is 6.42 Å². The third-order valence-electron chi connectivity index (χ3n) is 2.71. The van der Waals surface area contributed by atoms with Crippen LogP contribution in [0.15, 0.2) is 0 Å². The average Bonchev–Trinajstić information content (AvgIpc) is 2.20. The van der Waals surface area contributed by atoms with Gasteiger partial charge in [0, 0.05) is 32.6 Å². The molecule has 1 aliphatic rings. The van der Waals surface area contributed by atoms with Crippen LogP contribution in [-0.2, 0) is 4.74 Å². The topological polar surface area (TPSA) is 41.5 Å². The van der Waals surface area contributed by atoms with Crippen molar-refractivity contribution in [2.45, 2.75) is 37.8 Å². The van der Waals surface area contributed by atoms with Crippen LogP contribution in [0.4, 0.5) is 0 Å². The zero-order valence-electron chi connectivity index (χ0n) is 8.75. The molecule has 0 amide bonds. The molecule has 0 bridgehead atoms. The summed E-state index contributed by atoms with van der Waals surface area (Å²) in [5, 5.41) is 13.3. The van der Waals surface area contributed by atoms with Gasteiger partial charge in [-0.25, -0.2) is 0 Å². The van der Waals surface area contributed by atoms with Gasteiger partial charge in [0.2, 0.25) is 0 Å². The van der Waals surface area contributed by atoms with Crippen molar-refractivity contribution < 1.29 is 9.84 Å². The Morgan fingerprint density at radius 2 is 2.21 bits per heavy atom. The van der Waals surface area contributed by atoms with Crippen molar-refractivity contribution in [2.75, 3.05) is 19.8 Å². The monoisotopic (exact) mass is 197 g/mol. The standard InChI is InChI=1S/C11H19NO2/c1-3-10(4-2)12-9-11(13)5-7-14-8-6-11/h1,10,12-13H,4-9H2,2H3. The summed E-state index contributed by atoms with van der Waals surface area (Å²) in [5.41, 5.74) is -0.622. The van der Waals surface area contributed by atoms with Gasteiger partial charge in [0.05, 0.1) is 11.6 Å². The van der Waals surface area contributed by atoms with E-state index in [-0.39, 0.29) is 6.04 Å². The van der Waals surface area contributed by atoms with Gasteiger partial charge in [0.25, 0.3) is 0 Å². The number of hydrogen-bond donors (Lipinski definition) is 2. The highest BCUT2D eigenvalue weighted by Gasteiger charge is 2.29. The molecule has 1 heterocycles. The molecule has 0 spiro atoms. The largest absolute Gasteiger partial charge is 0.388 e. The molecule has 0 aromatic rings. The van der Waals surface area contributed by atoms with Crippen LogP contribution in [-0.4, -0.2) is 36.5 Å². The lowest BCUT2D eigenvalue weighted by Gasteiger charge is -2.33. The molecule has 3 nitrogen and oxygen atoms in total. The quantitative estimate of drug-likeness (QED) is 0.646. The van der Waals surface area contributed by atoms with Crippen LogP contribution in [0.3, 0.4) is 0 Å². The predicted molar refractivity (Wildman–Crippen MR) is 55.9 cm³/mol. The fourth-order valence-electron chi connectivity index (χ4n) is 1.56. The van der Waals surface area contributed by atoms with E-state index >= 15 is 0 Å². The van der Waals surface area contributed by atoms with E-state index in [0.717, 1.165) is 6.42 Å². The Kier molecular flexibility index (Phi) is 4.40. The summed E-state index contributed by atoms with van der Waals surface area (Å²) in [6.07, 6.45) is 7.61. The third kappa shape index (κ3) is 3.30. The normalized spacial score (nSPS) is 22.6. The minimum Gasteiger partial charge on any atom is -0.388 e. The van der Waals surface area contributed by atoms with Gasteiger partial charge in [-0.3, -0.25) is 0 Å². The van der Waals surface area contributed by atoms with Crippen LogP contribution in [0.25, 0.3) is 0 Å². The Hall–Kier alpha value is -0.560. The second-order valence-electron chi connectivity index (χ2n) is 3.85. The van der Waals surface area contributed by atoms with Gasteiger partial charge in [0.1, 0.15) is 0 Å². The number of ether oxygens (including phenoxy) is 1. The summed E-state index contributed by atoms with van der Waals surface area (Å²) < 4.78 is 5.20. The number of terminal acetylenes is 1. The number of nitrogens with one attached hydrogen (secondary N) is 1. The predicted octanol–water partition coefficient (Wildman–Crippen LogP) is 0.529. The Morgan fingerprint density at radius 3 is 2.71 bits per heavy atom. The van der Waals surface area contributed by atoms with E-state index in [1.165, 1.54) is 0 Å². The Morgan fingerprint density at radius 1 is 1.57 bits per heavy atom. The van der Waals surface area contributed by atoms with Crippen molar-refractivity contribution in [1.29, 1.82) is 0 Å². The molecule has 0 aromatic carbocycles. The van der Waals surface area contributed by atoms with Gasteiger partial charge in [-0.2, -0.15) is 0 Å². The van der Waals surface area contributed by atoms with E-state index < -0.39 is 5.60 Å². The molecule has 1 aliphatic heterocycles. The van der Waals surface area contributed by atoms with Gasteiger partial charge >= 0.3 is 0 Å². The molecule has 1 fully saturated rings. The number of hydrogen-bond acceptors (Lipinski definition) is 3. The van der Waals surface area contributed by atoms with Crippen LogP contribution < -0.4 is 5.32 Å². The van der Waals surface area contributed by atoms with Crippen molar-refractivity contribution in [3.63, 3.8) is 0 Å². The summed E-state index contributed by atoms with van der Waals surface area (Å²) in [7, 11) is 0. The second kappa shape index (κ2) is 5.35. The highest BCUT2D eigenvalue weighted by Crippen LogP contribution is 2.19. The average molecular weight is 197 g/mol. The fraction of sp³-hybridized carbons (Fsp3) is 0.818. The van der Waals surface area contributed by atoms with Crippen molar-refractivity contribution >= 4 is 0 Å². The van der Waals surface area contributed by atoms with E-state index in [2.05, 4.69) is 11.2 Å². The smallest absolute Gasteiger partial charge is 0.0815 e. The van der Waals surface area contributed by atoms with E-state index in [1.807, 2.05) is 6.92 Å². The van der Waals surface area contributed by atoms with Crippen molar-refractivity contribution in [1.82, 2.24) is 5.32 Å². The second-order valence-corrected chi connectivity index (χ2v) is 3.85. The number of aliphatic hydroxyl groups is 1. The van der Waals surface area contributed by atoms with Gasteiger partial charge in [-0.15, -0.1) is 6.42 Å². The maximum Gasteiger partial charge on any atom is 0.0815 e. The Balaban J connectivity index is 2.31. The van der Waals surface area contributed by atoms with Crippen molar-refractivity contribution in [3.05, 3.63) is 0 Å². The molecule has 1 saturated heterocycles. The molecule has 0 saturated carbocycles. The first-order chi connectivity index (χ1) is 6.70. The molecule has 14 heavy (non-hydrogen) atoms. The van der Waals surface area contributed by atoms with Crippen LogP contribution in [0.5, 0.6) is 0 Å². The van der Waals surface area contributed by atoms with Crippen LogP contribution in [0.1, 0.15) is 26.2 Å². The SMILES string of the molecule is C#CC(CC)NCC1(O)CCOCC1. The zero-order valence-corrected chi connectivity index (χ0v) is 8.75. The first kappa shape index (κ1) is 11.5. The van der Waals surface area contributed by atoms with Gasteiger partial charge in [-0.1, -0.05) is 12.8 Å². The first-order valence-corrected chi connectivity index (χ1v) is 5.20. The lowest BCUT2D eigenvalue weighted by molar-refractivity contribution is -0.0621. The highest BCUT2D eigenvalue weighted by atomic mass is 16.5. The van der Waals surface area contributed by atoms with Crippen molar-refractivity contribution in [2.24, 2.45) is 0 Å². The minimum atomic E-state index is -0.622. The molecule has 0 aromatic heterocycles. The van der Waals surface area contributed by atoms with Gasteiger partial charge in [0.15, 0.2) is 0 Å². The Labute approximate surface area is 85.8 Å². The molecule has 0 aliphatic carbocycles. The van der Waals surface area contributed by atoms with E-state index in [0.29, 0.717) is 32.6 Å². The fourth-order valence-corrected chi connectivity index (χ4v) is 1.56. The zero-order chi connectivity index (χ0) is 10.4. The molecule has 1 atom stereocenters. The maximum absolute atomic E-state index is 10.1. The third-order valence-corrected chi connectivity index (χ3v) is 2.71. The van der Waals surface area contributed by atoms with Gasteiger partial charge < -0.3 is 15.2 Å². The minimum absolute atomic E-state index is 0.0712. The van der Waals surface area contributed by atoms with E-state index in [1.54, 1.807) is 0 Å². The van der Waals surface area contributed by atoms with Crippen LogP contribution in [0.2, 0.25) is 0 Å². The summed E-state index contributed by atoms with van der Waals surface area (Å²) in [4.78, 5) is 0. The molecule has 2 N–H and O–H groups in total. The highest BCUT2D eigenvalue weighted by molar-refractivity contribution is 4.99. The van der Waals surface area contributed by atoms with E-state index in [9.17, 15) is 5.11 Å². The van der Waals surface area contributed by atoms with Crippen molar-refractivity contribution in [3.8, 4) is 12.3 Å². The molecule has 1 rings (SSSR count). The molecule has 3 heteroatoms. The Bertz CT molecular complexity index is 204. The lowest BCUT2D eigenvalue weighted by atomic mass is 9.94. The number of rotatable bonds is 4. The lowest BCUT2D eigenvalue weighted by Crippen LogP contribution is -2.47. The summed E-state index contributed by atoms with van der Waals surface area (Å²) in [6.45, 7) is 3.89. The summed E-state index contributed by atoms with van der Waals surface area (Å²) >= 11 is 0. The molecular formula is C11H19NO2. The van der Waals surface area contributed by atoms with E-state index in [4.69, 9.17) is 11.2 Å². The molecular weight excluding hydrogens is 178 g/mol. The van der Waals surface area contributed by atoms with Crippen LogP contribution in [0, 0.1) is 12.3 Å². The van der Waals surface area contributed by atoms with Crippen LogP contribution >= 0.6 is 0 Å². The summed E-state index contributed by atoms with van der Waals surface area (Å²) in [5.74, 6) is 2.66. The maximum atomic E-state index is 10.1.